The third kappa shape index (κ3) is 3.95. The maximum Gasteiger partial charge on any atom is 0.217 e. The summed E-state index contributed by atoms with van der Waals surface area (Å²) in [4.78, 5) is 10.6. The van der Waals surface area contributed by atoms with Crippen LogP contribution in [0, 0.1) is 0 Å². The third-order valence-electron chi connectivity index (χ3n) is 4.25. The quantitative estimate of drug-likeness (QED) is 0.680. The van der Waals surface area contributed by atoms with E-state index in [4.69, 9.17) is 10.5 Å². The molecule has 104 valence electrons. The molecule has 1 amide bonds. The van der Waals surface area contributed by atoms with Crippen molar-refractivity contribution in [2.24, 2.45) is 5.73 Å². The SMILES string of the molecule is NC(=O)CCCCNCC1CCC2(CCCC2)O1. The lowest BCUT2D eigenvalue weighted by Gasteiger charge is -2.23. The molecule has 1 heterocycles. The Labute approximate surface area is 110 Å². The molecular weight excluding hydrogens is 228 g/mol. The van der Waals surface area contributed by atoms with Crippen molar-refractivity contribution in [1.82, 2.24) is 5.32 Å². The Kier molecular flexibility index (Phi) is 5.01. The normalized spacial score (nSPS) is 25.9. The lowest BCUT2D eigenvalue weighted by molar-refractivity contribution is -0.118. The number of amides is 1. The lowest BCUT2D eigenvalue weighted by Crippen LogP contribution is -2.31. The molecule has 0 radical (unpaired) electrons. The van der Waals surface area contributed by atoms with Gasteiger partial charge in [-0.05, 0) is 45.1 Å². The first-order chi connectivity index (χ1) is 8.70. The number of rotatable bonds is 7. The van der Waals surface area contributed by atoms with Crippen LogP contribution in [0.3, 0.4) is 0 Å². The highest BCUT2D eigenvalue weighted by molar-refractivity contribution is 5.73. The van der Waals surface area contributed by atoms with Crippen LogP contribution in [0.25, 0.3) is 0 Å². The van der Waals surface area contributed by atoms with Gasteiger partial charge in [-0.1, -0.05) is 12.8 Å². The van der Waals surface area contributed by atoms with Crippen LogP contribution < -0.4 is 11.1 Å². The van der Waals surface area contributed by atoms with E-state index in [9.17, 15) is 4.79 Å². The number of hydrogen-bond donors (Lipinski definition) is 2. The topological polar surface area (TPSA) is 64.4 Å². The number of primary amides is 1. The van der Waals surface area contributed by atoms with E-state index in [1.165, 1.54) is 38.5 Å². The number of nitrogens with two attached hydrogens (primary N) is 1. The van der Waals surface area contributed by atoms with E-state index in [-0.39, 0.29) is 11.5 Å². The lowest BCUT2D eigenvalue weighted by atomic mass is 9.98. The summed E-state index contributed by atoms with van der Waals surface area (Å²) in [6.45, 7) is 1.92. The zero-order chi connectivity index (χ0) is 12.8. The zero-order valence-electron chi connectivity index (χ0n) is 11.2. The zero-order valence-corrected chi connectivity index (χ0v) is 11.2. The largest absolute Gasteiger partial charge is 0.370 e. The van der Waals surface area contributed by atoms with Crippen molar-refractivity contribution >= 4 is 5.91 Å². The molecule has 2 rings (SSSR count). The van der Waals surface area contributed by atoms with E-state index in [1.807, 2.05) is 0 Å². The van der Waals surface area contributed by atoms with Crippen molar-refractivity contribution in [3.8, 4) is 0 Å². The Morgan fingerprint density at radius 1 is 1.28 bits per heavy atom. The predicted molar refractivity (Wildman–Crippen MR) is 71.2 cm³/mol. The minimum atomic E-state index is -0.197. The van der Waals surface area contributed by atoms with Gasteiger partial charge in [-0.15, -0.1) is 0 Å². The van der Waals surface area contributed by atoms with Crippen molar-refractivity contribution in [2.75, 3.05) is 13.1 Å². The smallest absolute Gasteiger partial charge is 0.217 e. The second-order valence-electron chi connectivity index (χ2n) is 5.80. The molecule has 0 aromatic carbocycles. The molecule has 1 saturated carbocycles. The Morgan fingerprint density at radius 2 is 2.06 bits per heavy atom. The molecule has 1 aliphatic carbocycles. The number of carbonyl (C=O) groups is 1. The van der Waals surface area contributed by atoms with Crippen molar-refractivity contribution in [3.63, 3.8) is 0 Å². The van der Waals surface area contributed by atoms with Crippen LogP contribution >= 0.6 is 0 Å². The summed E-state index contributed by atoms with van der Waals surface area (Å²) >= 11 is 0. The van der Waals surface area contributed by atoms with E-state index in [1.54, 1.807) is 0 Å². The van der Waals surface area contributed by atoms with Crippen LogP contribution in [-0.4, -0.2) is 30.7 Å². The molecule has 1 spiro atoms. The fraction of sp³-hybridized carbons (Fsp3) is 0.929. The van der Waals surface area contributed by atoms with E-state index in [2.05, 4.69) is 5.32 Å². The van der Waals surface area contributed by atoms with Gasteiger partial charge < -0.3 is 15.8 Å². The average molecular weight is 254 g/mol. The van der Waals surface area contributed by atoms with Crippen LogP contribution in [0.2, 0.25) is 0 Å². The van der Waals surface area contributed by atoms with Crippen molar-refractivity contribution in [2.45, 2.75) is 69.5 Å². The molecule has 4 heteroatoms. The minimum Gasteiger partial charge on any atom is -0.370 e. The fourth-order valence-corrected chi connectivity index (χ4v) is 3.24. The second kappa shape index (κ2) is 6.53. The van der Waals surface area contributed by atoms with Gasteiger partial charge in [-0.3, -0.25) is 4.79 Å². The standard InChI is InChI=1S/C14H26N2O2/c15-13(17)5-1-4-10-16-11-12-6-9-14(18-12)7-2-3-8-14/h12,16H,1-11H2,(H2,15,17). The van der Waals surface area contributed by atoms with Gasteiger partial charge >= 0.3 is 0 Å². The number of unbranched alkanes of at least 4 members (excludes halogenated alkanes) is 1. The number of hydrogen-bond acceptors (Lipinski definition) is 3. The van der Waals surface area contributed by atoms with E-state index in [0.29, 0.717) is 12.5 Å². The van der Waals surface area contributed by atoms with Gasteiger partial charge in [-0.2, -0.15) is 0 Å². The van der Waals surface area contributed by atoms with Crippen LogP contribution in [0.4, 0.5) is 0 Å². The summed E-state index contributed by atoms with van der Waals surface area (Å²) in [7, 11) is 0. The fourth-order valence-electron chi connectivity index (χ4n) is 3.24. The highest BCUT2D eigenvalue weighted by Crippen LogP contribution is 2.43. The summed E-state index contributed by atoms with van der Waals surface area (Å²) in [5.74, 6) is -0.197. The Bertz CT molecular complexity index is 275. The third-order valence-corrected chi connectivity index (χ3v) is 4.25. The molecule has 1 atom stereocenters. The maximum atomic E-state index is 10.6. The highest BCUT2D eigenvalue weighted by Gasteiger charge is 2.41. The molecule has 18 heavy (non-hydrogen) atoms. The molecule has 2 fully saturated rings. The van der Waals surface area contributed by atoms with E-state index < -0.39 is 0 Å². The van der Waals surface area contributed by atoms with Crippen LogP contribution in [0.15, 0.2) is 0 Å². The van der Waals surface area contributed by atoms with Crippen molar-refractivity contribution < 1.29 is 9.53 Å². The van der Waals surface area contributed by atoms with Crippen LogP contribution in [-0.2, 0) is 9.53 Å². The summed E-state index contributed by atoms with van der Waals surface area (Å²) in [6.07, 6.45) is 10.5. The Hall–Kier alpha value is -0.610. The number of nitrogens with one attached hydrogen (secondary N) is 1. The molecule has 1 aliphatic heterocycles. The molecule has 0 aromatic heterocycles. The van der Waals surface area contributed by atoms with Gasteiger partial charge in [-0.25, -0.2) is 0 Å². The Morgan fingerprint density at radius 3 is 2.78 bits per heavy atom. The van der Waals surface area contributed by atoms with E-state index in [0.717, 1.165) is 25.9 Å². The van der Waals surface area contributed by atoms with Crippen LogP contribution in [0.1, 0.15) is 57.8 Å². The van der Waals surface area contributed by atoms with Gasteiger partial charge in [0.1, 0.15) is 0 Å². The number of ether oxygens (including phenoxy) is 1. The van der Waals surface area contributed by atoms with Crippen molar-refractivity contribution in [1.29, 1.82) is 0 Å². The van der Waals surface area contributed by atoms with Gasteiger partial charge in [0.25, 0.3) is 0 Å². The Balaban J connectivity index is 1.51. The summed E-state index contributed by atoms with van der Waals surface area (Å²) in [5.41, 5.74) is 5.34. The summed E-state index contributed by atoms with van der Waals surface area (Å²) < 4.78 is 6.22. The average Bonchev–Trinajstić information content (AvgIpc) is 2.95. The molecule has 2 aliphatic rings. The molecule has 3 N–H and O–H groups in total. The first-order valence-corrected chi connectivity index (χ1v) is 7.37. The molecule has 1 saturated heterocycles. The molecule has 4 nitrogen and oxygen atoms in total. The van der Waals surface area contributed by atoms with E-state index >= 15 is 0 Å². The second-order valence-corrected chi connectivity index (χ2v) is 5.80. The summed E-state index contributed by atoms with van der Waals surface area (Å²) in [6, 6.07) is 0. The molecule has 0 bridgehead atoms. The molecule has 0 aromatic rings. The molecule has 1 unspecified atom stereocenters. The first-order valence-electron chi connectivity index (χ1n) is 7.37. The summed E-state index contributed by atoms with van der Waals surface area (Å²) in [5, 5.41) is 3.43. The molecular formula is C14H26N2O2. The van der Waals surface area contributed by atoms with Gasteiger partial charge in [0.2, 0.25) is 5.91 Å². The number of carbonyl (C=O) groups excluding carboxylic acids is 1. The van der Waals surface area contributed by atoms with Crippen molar-refractivity contribution in [3.05, 3.63) is 0 Å². The predicted octanol–water partition coefficient (Wildman–Crippen LogP) is 1.72. The highest BCUT2D eigenvalue weighted by atomic mass is 16.5. The maximum absolute atomic E-state index is 10.6. The minimum absolute atomic E-state index is 0.197. The van der Waals surface area contributed by atoms with Gasteiger partial charge in [0.05, 0.1) is 11.7 Å². The van der Waals surface area contributed by atoms with Crippen LogP contribution in [0.5, 0.6) is 0 Å². The van der Waals surface area contributed by atoms with Gasteiger partial charge in [0.15, 0.2) is 0 Å². The first kappa shape index (κ1) is 13.8. The van der Waals surface area contributed by atoms with Gasteiger partial charge in [0, 0.05) is 13.0 Å². The monoisotopic (exact) mass is 254 g/mol.